The summed E-state index contributed by atoms with van der Waals surface area (Å²) < 4.78 is 0. The maximum Gasteiger partial charge on any atom is -0.0386 e. The minimum absolute atomic E-state index is 0.859. The van der Waals surface area contributed by atoms with E-state index >= 15 is 0 Å². The fourth-order valence-corrected chi connectivity index (χ4v) is 3.42. The Labute approximate surface area is 142 Å². The Morgan fingerprint density at radius 1 is 0.318 bits per heavy atom. The van der Waals surface area contributed by atoms with Gasteiger partial charge in [-0.05, 0) is 61.2 Å². The van der Waals surface area contributed by atoms with Crippen LogP contribution in [-0.2, 0) is 0 Å². The quantitative estimate of drug-likeness (QED) is 0.323. The first-order valence-electron chi connectivity index (χ1n) is 10.2. The third kappa shape index (κ3) is 12.5. The highest BCUT2D eigenvalue weighted by molar-refractivity contribution is 4.73. The Bertz CT molecular complexity index is 186. The van der Waals surface area contributed by atoms with Crippen LogP contribution in [0.4, 0.5) is 0 Å². The molecule has 0 aromatic heterocycles. The predicted octanol–water partition coefficient (Wildman–Crippen LogP) is 7.96. The van der Waals surface area contributed by atoms with Crippen LogP contribution in [-0.4, -0.2) is 0 Å². The molecule has 0 fully saturated rings. The molecule has 0 saturated heterocycles. The minimum atomic E-state index is 0.859. The first-order chi connectivity index (χ1) is 10.2. The molecule has 0 aliphatic carbocycles. The molecule has 134 valence electrons. The Hall–Kier alpha value is 0. The van der Waals surface area contributed by atoms with E-state index in [1.807, 2.05) is 0 Å². The van der Waals surface area contributed by atoms with Crippen LogP contribution in [0, 0.1) is 35.5 Å². The molecule has 22 heavy (non-hydrogen) atoms. The molecule has 0 spiro atoms. The van der Waals surface area contributed by atoms with Crippen molar-refractivity contribution in [3.05, 3.63) is 0 Å². The van der Waals surface area contributed by atoms with Gasteiger partial charge in [-0.15, -0.1) is 0 Å². The lowest BCUT2D eigenvalue weighted by Gasteiger charge is -2.30. The fraction of sp³-hybridized carbons (Fsp3) is 1.00. The summed E-state index contributed by atoms with van der Waals surface area (Å²) in [6.07, 6.45) is 11.5. The Kier molecular flexibility index (Phi) is 12.4. The van der Waals surface area contributed by atoms with E-state index < -0.39 is 0 Å². The summed E-state index contributed by atoms with van der Waals surface area (Å²) in [6, 6.07) is 0. The van der Waals surface area contributed by atoms with Gasteiger partial charge in [0, 0.05) is 0 Å². The van der Waals surface area contributed by atoms with E-state index in [9.17, 15) is 0 Å². The molecule has 0 atom stereocenters. The normalized spacial score (nSPS) is 12.8. The molecule has 0 saturated carbocycles. The molecule has 0 heteroatoms. The second-order valence-electron chi connectivity index (χ2n) is 9.40. The molecule has 0 rings (SSSR count). The zero-order valence-electron chi connectivity index (χ0n) is 17.1. The van der Waals surface area contributed by atoms with E-state index in [4.69, 9.17) is 0 Å². The highest BCUT2D eigenvalue weighted by atomic mass is 14.3. The summed E-state index contributed by atoms with van der Waals surface area (Å²) in [6.45, 7) is 19.1. The molecule has 0 aromatic carbocycles. The largest absolute Gasteiger partial charge is 0.0628 e. The van der Waals surface area contributed by atoms with Gasteiger partial charge in [0.1, 0.15) is 0 Å². The summed E-state index contributed by atoms with van der Waals surface area (Å²) in [4.78, 5) is 0. The number of rotatable bonds is 13. The van der Waals surface area contributed by atoms with Gasteiger partial charge in [0.05, 0.1) is 0 Å². The first kappa shape index (κ1) is 22.0. The van der Waals surface area contributed by atoms with E-state index in [-0.39, 0.29) is 0 Å². The Balaban J connectivity index is 4.70. The van der Waals surface area contributed by atoms with Gasteiger partial charge >= 0.3 is 0 Å². The molecule has 0 N–H and O–H groups in total. The topological polar surface area (TPSA) is 0 Å². The van der Waals surface area contributed by atoms with Crippen LogP contribution in [0.25, 0.3) is 0 Å². The molecule has 0 radical (unpaired) electrons. The zero-order chi connectivity index (χ0) is 17.1. The minimum Gasteiger partial charge on any atom is -0.0628 e. The van der Waals surface area contributed by atoms with Crippen molar-refractivity contribution in [2.75, 3.05) is 0 Å². The van der Waals surface area contributed by atoms with Crippen molar-refractivity contribution in [1.82, 2.24) is 0 Å². The molecule has 0 heterocycles. The molecule has 0 aromatic rings. The second-order valence-corrected chi connectivity index (χ2v) is 9.40. The van der Waals surface area contributed by atoms with Gasteiger partial charge in [0.15, 0.2) is 0 Å². The standard InChI is InChI=1S/C22H46/c1-17(2)9-13-21(14-10-18(3)4)22(15-11-19(5)6)16-12-20(7)8/h17-22H,9-16H2,1-8H3. The lowest BCUT2D eigenvalue weighted by molar-refractivity contribution is 0.216. The maximum atomic E-state index is 2.39. The van der Waals surface area contributed by atoms with Crippen LogP contribution in [0.1, 0.15) is 107 Å². The lowest BCUT2D eigenvalue weighted by Crippen LogP contribution is -2.18. The summed E-state index contributed by atoms with van der Waals surface area (Å²) in [7, 11) is 0. The fourth-order valence-electron chi connectivity index (χ4n) is 3.42. The van der Waals surface area contributed by atoms with Crippen LogP contribution < -0.4 is 0 Å². The van der Waals surface area contributed by atoms with Crippen molar-refractivity contribution in [3.63, 3.8) is 0 Å². The third-order valence-corrected chi connectivity index (χ3v) is 5.13. The first-order valence-corrected chi connectivity index (χ1v) is 10.2. The molecule has 0 bridgehead atoms. The smallest absolute Gasteiger partial charge is 0.0386 e. The van der Waals surface area contributed by atoms with E-state index in [2.05, 4.69) is 55.4 Å². The lowest BCUT2D eigenvalue weighted by atomic mass is 9.76. The van der Waals surface area contributed by atoms with E-state index in [1.54, 1.807) is 0 Å². The molecule has 0 amide bonds. The monoisotopic (exact) mass is 310 g/mol. The summed E-state index contributed by atoms with van der Waals surface area (Å²) in [5, 5.41) is 0. The van der Waals surface area contributed by atoms with E-state index in [0.29, 0.717) is 0 Å². The zero-order valence-corrected chi connectivity index (χ0v) is 17.1. The highest BCUT2D eigenvalue weighted by Gasteiger charge is 2.22. The number of hydrogen-bond acceptors (Lipinski definition) is 0. The molecular weight excluding hydrogens is 264 g/mol. The molecule has 0 aliphatic rings. The summed E-state index contributed by atoms with van der Waals surface area (Å²) in [5.74, 6) is 5.38. The molecule has 0 aliphatic heterocycles. The average Bonchev–Trinajstić information content (AvgIpc) is 2.38. The number of hydrogen-bond donors (Lipinski definition) is 0. The third-order valence-electron chi connectivity index (χ3n) is 5.13. The van der Waals surface area contributed by atoms with Crippen molar-refractivity contribution in [2.45, 2.75) is 107 Å². The van der Waals surface area contributed by atoms with E-state index in [1.165, 1.54) is 51.4 Å². The van der Waals surface area contributed by atoms with Crippen molar-refractivity contribution in [3.8, 4) is 0 Å². The van der Waals surface area contributed by atoms with Crippen LogP contribution in [0.15, 0.2) is 0 Å². The Morgan fingerprint density at radius 2 is 0.500 bits per heavy atom. The van der Waals surface area contributed by atoms with Gasteiger partial charge in [-0.25, -0.2) is 0 Å². The van der Waals surface area contributed by atoms with Crippen LogP contribution >= 0.6 is 0 Å². The van der Waals surface area contributed by atoms with Crippen molar-refractivity contribution in [1.29, 1.82) is 0 Å². The van der Waals surface area contributed by atoms with Crippen LogP contribution in [0.5, 0.6) is 0 Å². The molecule has 0 nitrogen and oxygen atoms in total. The molecule has 0 unspecified atom stereocenters. The summed E-state index contributed by atoms with van der Waals surface area (Å²) >= 11 is 0. The van der Waals surface area contributed by atoms with Crippen LogP contribution in [0.3, 0.4) is 0 Å². The summed E-state index contributed by atoms with van der Waals surface area (Å²) in [5.41, 5.74) is 0. The van der Waals surface area contributed by atoms with Crippen molar-refractivity contribution < 1.29 is 0 Å². The maximum absolute atomic E-state index is 2.39. The molecular formula is C22H46. The van der Waals surface area contributed by atoms with Crippen LogP contribution in [0.2, 0.25) is 0 Å². The van der Waals surface area contributed by atoms with Gasteiger partial charge in [-0.2, -0.15) is 0 Å². The van der Waals surface area contributed by atoms with Gasteiger partial charge in [-0.3, -0.25) is 0 Å². The van der Waals surface area contributed by atoms with E-state index in [0.717, 1.165) is 35.5 Å². The van der Waals surface area contributed by atoms with Crippen molar-refractivity contribution >= 4 is 0 Å². The highest BCUT2D eigenvalue weighted by Crippen LogP contribution is 2.34. The Morgan fingerprint density at radius 3 is 0.636 bits per heavy atom. The van der Waals surface area contributed by atoms with Crippen molar-refractivity contribution in [2.24, 2.45) is 35.5 Å². The average molecular weight is 311 g/mol. The van der Waals surface area contributed by atoms with Gasteiger partial charge in [0.25, 0.3) is 0 Å². The van der Waals surface area contributed by atoms with Gasteiger partial charge < -0.3 is 0 Å². The SMILES string of the molecule is CC(C)CCC(CCC(C)C)C(CCC(C)C)CCC(C)C. The van der Waals surface area contributed by atoms with Gasteiger partial charge in [0.2, 0.25) is 0 Å². The second kappa shape index (κ2) is 12.4. The predicted molar refractivity (Wildman–Crippen MR) is 103 cm³/mol. The van der Waals surface area contributed by atoms with Gasteiger partial charge in [-0.1, -0.05) is 81.1 Å².